The molecule has 5 nitrogen and oxygen atoms in total. The summed E-state index contributed by atoms with van der Waals surface area (Å²) in [6, 6.07) is 15.2. The molecule has 1 aliphatic carbocycles. The number of hydrogen-bond acceptors (Lipinski definition) is 4. The average Bonchev–Trinajstić information content (AvgIpc) is 2.81. The number of hydrogen-bond donors (Lipinski definition) is 1. The summed E-state index contributed by atoms with van der Waals surface area (Å²) in [4.78, 5) is 15.3. The number of piperidine rings is 1. The number of aliphatic hydroxyl groups is 1. The normalized spacial score (nSPS) is 25.8. The van der Waals surface area contributed by atoms with Gasteiger partial charge < -0.3 is 19.5 Å². The van der Waals surface area contributed by atoms with Crippen LogP contribution in [-0.2, 0) is 4.79 Å². The highest BCUT2D eigenvalue weighted by molar-refractivity contribution is 5.92. The molecule has 2 aliphatic rings. The number of ether oxygens (including phenoxy) is 2. The summed E-state index contributed by atoms with van der Waals surface area (Å²) in [7, 11) is 3.28. The molecule has 31 heavy (non-hydrogen) atoms. The van der Waals surface area contributed by atoms with Crippen LogP contribution in [0, 0.1) is 5.92 Å². The molecule has 1 saturated heterocycles. The van der Waals surface area contributed by atoms with Crippen LogP contribution in [0.2, 0.25) is 0 Å². The Morgan fingerprint density at radius 3 is 2.65 bits per heavy atom. The van der Waals surface area contributed by atoms with E-state index in [1.807, 2.05) is 59.5 Å². The summed E-state index contributed by atoms with van der Waals surface area (Å²) < 4.78 is 11.1. The Morgan fingerprint density at radius 2 is 1.90 bits per heavy atom. The Balaban J connectivity index is 1.73. The Labute approximate surface area is 184 Å². The van der Waals surface area contributed by atoms with Gasteiger partial charge in [0.2, 0.25) is 5.91 Å². The van der Waals surface area contributed by atoms with Gasteiger partial charge in [0, 0.05) is 24.1 Å². The van der Waals surface area contributed by atoms with Crippen molar-refractivity contribution in [2.75, 3.05) is 20.8 Å². The van der Waals surface area contributed by atoms with E-state index in [1.54, 1.807) is 20.3 Å². The molecule has 0 spiro atoms. The van der Waals surface area contributed by atoms with Crippen LogP contribution in [0.25, 0.3) is 6.08 Å². The van der Waals surface area contributed by atoms with Crippen molar-refractivity contribution in [2.45, 2.75) is 43.7 Å². The van der Waals surface area contributed by atoms with Crippen LogP contribution in [-0.4, -0.2) is 42.3 Å². The quantitative estimate of drug-likeness (QED) is 0.716. The molecule has 164 valence electrons. The van der Waals surface area contributed by atoms with E-state index in [2.05, 4.69) is 0 Å². The average molecular weight is 422 g/mol. The van der Waals surface area contributed by atoms with Gasteiger partial charge in [0.15, 0.2) is 0 Å². The molecule has 2 aromatic rings. The molecule has 5 heteroatoms. The van der Waals surface area contributed by atoms with Gasteiger partial charge in [-0.1, -0.05) is 43.2 Å². The topological polar surface area (TPSA) is 59.0 Å². The fourth-order valence-corrected chi connectivity index (χ4v) is 5.21. The Bertz CT molecular complexity index is 942. The number of benzene rings is 2. The number of carbonyl (C=O) groups is 1. The van der Waals surface area contributed by atoms with Gasteiger partial charge in [-0.2, -0.15) is 0 Å². The lowest BCUT2D eigenvalue weighted by Crippen LogP contribution is -2.56. The smallest absolute Gasteiger partial charge is 0.247 e. The van der Waals surface area contributed by atoms with E-state index in [0.717, 1.165) is 36.8 Å². The lowest BCUT2D eigenvalue weighted by Gasteiger charge is -2.52. The summed E-state index contributed by atoms with van der Waals surface area (Å²) >= 11 is 0. The number of carbonyl (C=O) groups excluding carboxylic acids is 1. The first-order valence-electron chi connectivity index (χ1n) is 11.0. The Hall–Kier alpha value is -2.79. The lowest BCUT2D eigenvalue weighted by molar-refractivity contribution is -0.151. The summed E-state index contributed by atoms with van der Waals surface area (Å²) in [5, 5.41) is 11.5. The van der Waals surface area contributed by atoms with Crippen molar-refractivity contribution in [2.24, 2.45) is 5.92 Å². The van der Waals surface area contributed by atoms with Gasteiger partial charge in [0.1, 0.15) is 11.5 Å². The number of amides is 1. The van der Waals surface area contributed by atoms with Crippen LogP contribution in [0.1, 0.15) is 49.3 Å². The summed E-state index contributed by atoms with van der Waals surface area (Å²) in [5.41, 5.74) is 1.13. The van der Waals surface area contributed by atoms with E-state index in [0.29, 0.717) is 24.5 Å². The minimum atomic E-state index is -0.753. The predicted octanol–water partition coefficient (Wildman–Crippen LogP) is 4.61. The molecule has 0 unspecified atom stereocenters. The molecule has 0 bridgehead atoms. The fourth-order valence-electron chi connectivity index (χ4n) is 5.21. The summed E-state index contributed by atoms with van der Waals surface area (Å²) in [6.07, 6.45) is 7.84. The second kappa shape index (κ2) is 9.15. The third-order valence-corrected chi connectivity index (χ3v) is 6.82. The van der Waals surface area contributed by atoms with E-state index >= 15 is 0 Å². The zero-order chi connectivity index (χ0) is 21.8. The molecule has 1 saturated carbocycles. The van der Waals surface area contributed by atoms with Crippen LogP contribution >= 0.6 is 0 Å². The SMILES string of the molecule is COc1ccc(OC)c([C@H]2[C@@H]3CCCC[C@@]3(O)CCN2C(=O)/C=C/c2ccccc2)c1. The van der Waals surface area contributed by atoms with Crippen molar-refractivity contribution in [3.63, 3.8) is 0 Å². The van der Waals surface area contributed by atoms with Gasteiger partial charge in [-0.05, 0) is 49.1 Å². The first-order chi connectivity index (χ1) is 15.1. The standard InChI is InChI=1S/C26H31NO4/c1-30-20-12-13-23(31-2)21(18-20)25-22-10-6-7-15-26(22,29)16-17-27(25)24(28)14-11-19-8-4-3-5-9-19/h3-5,8-9,11-14,18,22,25,29H,6-7,10,15-17H2,1-2H3/b14-11+/t22-,25-,26+/m0/s1. The number of fused-ring (bicyclic) bond motifs is 1. The van der Waals surface area contributed by atoms with Crippen molar-refractivity contribution in [3.8, 4) is 11.5 Å². The third-order valence-electron chi connectivity index (χ3n) is 6.82. The molecule has 1 N–H and O–H groups in total. The fraction of sp³-hybridized carbons (Fsp3) is 0.423. The number of methoxy groups -OCH3 is 2. The largest absolute Gasteiger partial charge is 0.497 e. The van der Waals surface area contributed by atoms with Crippen LogP contribution in [0.15, 0.2) is 54.6 Å². The maximum absolute atomic E-state index is 13.4. The van der Waals surface area contributed by atoms with Crippen molar-refractivity contribution in [3.05, 3.63) is 65.7 Å². The Kier molecular flexibility index (Phi) is 6.33. The Morgan fingerprint density at radius 1 is 1.10 bits per heavy atom. The van der Waals surface area contributed by atoms with Gasteiger partial charge in [-0.15, -0.1) is 0 Å². The lowest BCUT2D eigenvalue weighted by atomic mass is 9.66. The molecule has 1 heterocycles. The van der Waals surface area contributed by atoms with E-state index in [-0.39, 0.29) is 17.9 Å². The van der Waals surface area contributed by atoms with Gasteiger partial charge in [0.25, 0.3) is 0 Å². The van der Waals surface area contributed by atoms with Crippen molar-refractivity contribution in [1.29, 1.82) is 0 Å². The highest BCUT2D eigenvalue weighted by Gasteiger charge is 2.50. The van der Waals surface area contributed by atoms with Crippen molar-refractivity contribution < 1.29 is 19.4 Å². The van der Waals surface area contributed by atoms with Gasteiger partial charge in [-0.25, -0.2) is 0 Å². The highest BCUT2D eigenvalue weighted by atomic mass is 16.5. The zero-order valence-electron chi connectivity index (χ0n) is 18.3. The third kappa shape index (κ3) is 4.33. The number of rotatable bonds is 5. The molecule has 4 rings (SSSR count). The van der Waals surface area contributed by atoms with Crippen LogP contribution in [0.3, 0.4) is 0 Å². The predicted molar refractivity (Wildman–Crippen MR) is 121 cm³/mol. The summed E-state index contributed by atoms with van der Waals surface area (Å²) in [5.74, 6) is 1.34. The van der Waals surface area contributed by atoms with Gasteiger partial charge in [0.05, 0.1) is 25.9 Å². The molecule has 1 aliphatic heterocycles. The monoisotopic (exact) mass is 421 g/mol. The van der Waals surface area contributed by atoms with Crippen molar-refractivity contribution in [1.82, 2.24) is 4.90 Å². The number of likely N-dealkylation sites (tertiary alicyclic amines) is 1. The van der Waals surface area contributed by atoms with Crippen LogP contribution in [0.5, 0.6) is 11.5 Å². The molecule has 0 radical (unpaired) electrons. The van der Waals surface area contributed by atoms with E-state index in [1.165, 1.54) is 0 Å². The van der Waals surface area contributed by atoms with Crippen molar-refractivity contribution >= 4 is 12.0 Å². The van der Waals surface area contributed by atoms with Gasteiger partial charge in [-0.3, -0.25) is 4.79 Å². The molecule has 2 aromatic carbocycles. The van der Waals surface area contributed by atoms with Gasteiger partial charge >= 0.3 is 0 Å². The molecule has 2 fully saturated rings. The first-order valence-corrected chi connectivity index (χ1v) is 11.0. The molecule has 3 atom stereocenters. The highest BCUT2D eigenvalue weighted by Crippen LogP contribution is 2.51. The van der Waals surface area contributed by atoms with Crippen LogP contribution < -0.4 is 9.47 Å². The molecular weight excluding hydrogens is 390 g/mol. The molecular formula is C26H31NO4. The zero-order valence-corrected chi connectivity index (χ0v) is 18.3. The first kappa shape index (κ1) is 21.4. The number of nitrogens with zero attached hydrogens (tertiary/aromatic N) is 1. The van der Waals surface area contributed by atoms with E-state index in [9.17, 15) is 9.90 Å². The van der Waals surface area contributed by atoms with E-state index in [4.69, 9.17) is 9.47 Å². The maximum Gasteiger partial charge on any atom is 0.247 e. The maximum atomic E-state index is 13.4. The minimum absolute atomic E-state index is 0.0370. The second-order valence-electron chi connectivity index (χ2n) is 8.53. The molecule has 0 aromatic heterocycles. The minimum Gasteiger partial charge on any atom is -0.497 e. The summed E-state index contributed by atoms with van der Waals surface area (Å²) in [6.45, 7) is 0.510. The second-order valence-corrected chi connectivity index (χ2v) is 8.53. The molecule has 1 amide bonds. The van der Waals surface area contributed by atoms with Crippen LogP contribution in [0.4, 0.5) is 0 Å². The van der Waals surface area contributed by atoms with E-state index < -0.39 is 5.60 Å².